The van der Waals surface area contributed by atoms with Crippen LogP contribution in [0.25, 0.3) is 87.1 Å². The summed E-state index contributed by atoms with van der Waals surface area (Å²) in [5.41, 5.74) is 18.0. The van der Waals surface area contributed by atoms with E-state index in [2.05, 4.69) is 176 Å². The summed E-state index contributed by atoms with van der Waals surface area (Å²) in [7, 11) is 0. The highest BCUT2D eigenvalue weighted by Gasteiger charge is 2.52. The standard InChI is InChI=1S/C51H30N2S/c1-5-15-40-35(11-1)36-12-2-6-16-41(36)51(40)42-17-7-3-13-37(42)48-43(51)30-29-39-47(48)38-14-4-8-18-44(38)52-49(39)33-25-21-31(22-26-33)32-23-27-34(28-24-32)50-53-45-19-9-10-20-46(45)54-50/h1-30H. The molecule has 2 nitrogen and oxygen atoms in total. The van der Waals surface area contributed by atoms with Gasteiger partial charge in [0.1, 0.15) is 5.01 Å². The Morgan fingerprint density at radius 1 is 0.370 bits per heavy atom. The highest BCUT2D eigenvalue weighted by atomic mass is 32.1. The second-order valence-corrected chi connectivity index (χ2v) is 15.4. The Labute approximate surface area is 316 Å². The van der Waals surface area contributed by atoms with E-state index in [0.717, 1.165) is 32.9 Å². The van der Waals surface area contributed by atoms with E-state index in [0.29, 0.717) is 0 Å². The lowest BCUT2D eigenvalue weighted by Crippen LogP contribution is -2.25. The van der Waals surface area contributed by atoms with E-state index in [9.17, 15) is 0 Å². The van der Waals surface area contributed by atoms with Gasteiger partial charge in [0.15, 0.2) is 0 Å². The average Bonchev–Trinajstić information content (AvgIpc) is 3.91. The van der Waals surface area contributed by atoms with Gasteiger partial charge in [-0.1, -0.05) is 164 Å². The van der Waals surface area contributed by atoms with Crippen LogP contribution in [-0.2, 0) is 5.41 Å². The van der Waals surface area contributed by atoms with Gasteiger partial charge in [-0.05, 0) is 73.8 Å². The minimum atomic E-state index is -0.387. The summed E-state index contributed by atoms with van der Waals surface area (Å²) in [6, 6.07) is 66.6. The van der Waals surface area contributed by atoms with E-state index >= 15 is 0 Å². The van der Waals surface area contributed by atoms with E-state index in [-0.39, 0.29) is 5.41 Å². The SMILES string of the molecule is c1ccc2c(c1)-c1ccccc1C21c2ccccc2-c2c1ccc1c(-c3ccc(-c4ccc(-c5nc6ccccc6s5)cc4)cc3)nc3ccccc3c21. The van der Waals surface area contributed by atoms with Crippen LogP contribution in [0.1, 0.15) is 22.3 Å². The lowest BCUT2D eigenvalue weighted by Gasteiger charge is -2.30. The molecule has 0 bridgehead atoms. The van der Waals surface area contributed by atoms with E-state index in [4.69, 9.17) is 9.97 Å². The van der Waals surface area contributed by atoms with Crippen molar-refractivity contribution in [1.29, 1.82) is 0 Å². The molecule has 250 valence electrons. The van der Waals surface area contributed by atoms with Gasteiger partial charge in [0, 0.05) is 27.3 Å². The molecule has 0 amide bonds. The van der Waals surface area contributed by atoms with Gasteiger partial charge in [0.25, 0.3) is 0 Å². The van der Waals surface area contributed by atoms with Crippen LogP contribution < -0.4 is 0 Å². The molecule has 0 aliphatic heterocycles. The Morgan fingerprint density at radius 3 is 1.59 bits per heavy atom. The Hall–Kier alpha value is -6.68. The summed E-state index contributed by atoms with van der Waals surface area (Å²) in [6.07, 6.45) is 0. The largest absolute Gasteiger partial charge is 0.247 e. The molecule has 12 rings (SSSR count). The third-order valence-corrected chi connectivity index (χ3v) is 12.8. The van der Waals surface area contributed by atoms with Crippen LogP contribution in [0.4, 0.5) is 0 Å². The molecule has 8 aromatic carbocycles. The number of hydrogen-bond donors (Lipinski definition) is 0. The smallest absolute Gasteiger partial charge is 0.124 e. The van der Waals surface area contributed by atoms with Gasteiger partial charge in [0.2, 0.25) is 0 Å². The van der Waals surface area contributed by atoms with Gasteiger partial charge < -0.3 is 0 Å². The molecule has 10 aromatic rings. The summed E-state index contributed by atoms with van der Waals surface area (Å²) >= 11 is 1.74. The topological polar surface area (TPSA) is 25.8 Å². The van der Waals surface area contributed by atoms with Crippen molar-refractivity contribution in [2.24, 2.45) is 0 Å². The number of hydrogen-bond acceptors (Lipinski definition) is 3. The molecular formula is C51H30N2S. The third kappa shape index (κ3) is 3.99. The van der Waals surface area contributed by atoms with Gasteiger partial charge in [0.05, 0.1) is 26.8 Å². The number of para-hydroxylation sites is 2. The van der Waals surface area contributed by atoms with Crippen LogP contribution >= 0.6 is 11.3 Å². The fourth-order valence-electron chi connectivity index (χ4n) is 9.47. The highest BCUT2D eigenvalue weighted by molar-refractivity contribution is 7.21. The van der Waals surface area contributed by atoms with Gasteiger partial charge in [-0.2, -0.15) is 0 Å². The first kappa shape index (κ1) is 29.9. The Balaban J connectivity index is 1.03. The molecule has 2 aromatic heterocycles. The van der Waals surface area contributed by atoms with E-state index in [1.165, 1.54) is 76.5 Å². The minimum absolute atomic E-state index is 0.387. The minimum Gasteiger partial charge on any atom is -0.247 e. The number of thiazole rings is 1. The van der Waals surface area contributed by atoms with Gasteiger partial charge in [-0.15, -0.1) is 11.3 Å². The Morgan fingerprint density at radius 2 is 0.907 bits per heavy atom. The van der Waals surface area contributed by atoms with Crippen LogP contribution in [0.3, 0.4) is 0 Å². The van der Waals surface area contributed by atoms with Crippen LogP contribution in [0.15, 0.2) is 182 Å². The number of nitrogens with zero attached hydrogens (tertiary/aromatic N) is 2. The maximum Gasteiger partial charge on any atom is 0.124 e. The first-order chi connectivity index (χ1) is 26.8. The molecule has 0 N–H and O–H groups in total. The van der Waals surface area contributed by atoms with Crippen molar-refractivity contribution in [3.63, 3.8) is 0 Å². The molecule has 54 heavy (non-hydrogen) atoms. The normalized spacial score (nSPS) is 13.3. The predicted molar refractivity (Wildman–Crippen MR) is 225 cm³/mol. The van der Waals surface area contributed by atoms with Crippen molar-refractivity contribution in [3.8, 4) is 55.2 Å². The zero-order valence-electron chi connectivity index (χ0n) is 29.1. The highest BCUT2D eigenvalue weighted by Crippen LogP contribution is 2.64. The monoisotopic (exact) mass is 702 g/mol. The van der Waals surface area contributed by atoms with E-state index in [1.807, 2.05) is 6.07 Å². The number of pyridine rings is 1. The number of rotatable bonds is 3. The van der Waals surface area contributed by atoms with Gasteiger partial charge in [-0.25, -0.2) is 9.97 Å². The van der Waals surface area contributed by atoms with E-state index < -0.39 is 0 Å². The van der Waals surface area contributed by atoms with Crippen LogP contribution in [0.2, 0.25) is 0 Å². The second-order valence-electron chi connectivity index (χ2n) is 14.4. The molecule has 0 saturated heterocycles. The quantitative estimate of drug-likeness (QED) is 0.171. The maximum atomic E-state index is 5.38. The molecule has 2 aliphatic rings. The molecule has 1 spiro atoms. The van der Waals surface area contributed by atoms with Crippen molar-refractivity contribution in [1.82, 2.24) is 9.97 Å². The summed E-state index contributed by atoms with van der Waals surface area (Å²) in [5, 5.41) is 4.68. The fraction of sp³-hybridized carbons (Fsp3) is 0.0196. The lowest BCUT2D eigenvalue weighted by molar-refractivity contribution is 0.794. The lowest BCUT2D eigenvalue weighted by atomic mass is 9.70. The molecule has 0 unspecified atom stereocenters. The Kier molecular flexibility index (Phi) is 6.17. The van der Waals surface area contributed by atoms with Crippen molar-refractivity contribution < 1.29 is 0 Å². The molecule has 0 radical (unpaired) electrons. The summed E-state index contributed by atoms with van der Waals surface area (Å²) in [6.45, 7) is 0. The van der Waals surface area contributed by atoms with Gasteiger partial charge in [-0.3, -0.25) is 0 Å². The molecule has 0 fully saturated rings. The predicted octanol–water partition coefficient (Wildman–Crippen LogP) is 13.3. The van der Waals surface area contributed by atoms with Crippen LogP contribution in [0, 0.1) is 0 Å². The molecule has 0 saturated carbocycles. The summed E-state index contributed by atoms with van der Waals surface area (Å²) < 4.78 is 1.21. The maximum absolute atomic E-state index is 5.38. The van der Waals surface area contributed by atoms with Crippen molar-refractivity contribution in [3.05, 3.63) is 204 Å². The van der Waals surface area contributed by atoms with Crippen LogP contribution in [-0.4, -0.2) is 9.97 Å². The summed E-state index contributed by atoms with van der Waals surface area (Å²) in [4.78, 5) is 10.2. The molecule has 0 atom stereocenters. The number of benzene rings is 8. The third-order valence-electron chi connectivity index (χ3n) is 11.7. The molecule has 2 aliphatic carbocycles. The van der Waals surface area contributed by atoms with E-state index in [1.54, 1.807) is 11.3 Å². The number of fused-ring (bicyclic) bond motifs is 15. The zero-order chi connectivity index (χ0) is 35.4. The van der Waals surface area contributed by atoms with Crippen molar-refractivity contribution >= 4 is 43.2 Å². The fourth-order valence-corrected chi connectivity index (χ4v) is 10.4. The summed E-state index contributed by atoms with van der Waals surface area (Å²) in [5.74, 6) is 0. The molecule has 3 heteroatoms. The first-order valence-corrected chi connectivity index (χ1v) is 19.3. The van der Waals surface area contributed by atoms with Crippen LogP contribution in [0.5, 0.6) is 0 Å². The molecular weight excluding hydrogens is 673 g/mol. The van der Waals surface area contributed by atoms with Gasteiger partial charge >= 0.3 is 0 Å². The first-order valence-electron chi connectivity index (χ1n) is 18.5. The zero-order valence-corrected chi connectivity index (χ0v) is 29.9. The second kappa shape index (κ2) is 11.2. The average molecular weight is 703 g/mol. The van der Waals surface area contributed by atoms with Crippen molar-refractivity contribution in [2.75, 3.05) is 0 Å². The number of aromatic nitrogens is 2. The van der Waals surface area contributed by atoms with Crippen molar-refractivity contribution in [2.45, 2.75) is 5.41 Å². The Bertz CT molecular complexity index is 3070. The molecule has 2 heterocycles.